The zero-order valence-electron chi connectivity index (χ0n) is 15.7. The van der Waals surface area contributed by atoms with Crippen LogP contribution in [0.4, 0.5) is 0 Å². The van der Waals surface area contributed by atoms with E-state index in [1.54, 1.807) is 43.4 Å². The Bertz CT molecular complexity index is 779. The van der Waals surface area contributed by atoms with Gasteiger partial charge in [0.05, 0.1) is 20.6 Å². The topological polar surface area (TPSA) is 59.1 Å². The van der Waals surface area contributed by atoms with Gasteiger partial charge in [0.2, 0.25) is 5.91 Å². The van der Waals surface area contributed by atoms with E-state index in [0.717, 1.165) is 17.1 Å². The van der Waals surface area contributed by atoms with Crippen molar-refractivity contribution < 1.29 is 19.1 Å². The number of nitrogens with zero attached hydrogens (tertiary/aromatic N) is 2. The highest BCUT2D eigenvalue weighted by Gasteiger charge is 2.24. The molecule has 142 valence electrons. The van der Waals surface area contributed by atoms with Gasteiger partial charge in [-0.25, -0.2) is 0 Å². The van der Waals surface area contributed by atoms with Gasteiger partial charge in [0.1, 0.15) is 11.5 Å². The first kappa shape index (κ1) is 18.8. The summed E-state index contributed by atoms with van der Waals surface area (Å²) in [5.41, 5.74) is 1.59. The van der Waals surface area contributed by atoms with Crippen molar-refractivity contribution in [3.63, 3.8) is 0 Å². The Labute approximate surface area is 159 Å². The van der Waals surface area contributed by atoms with E-state index in [1.807, 2.05) is 29.2 Å². The molecule has 1 aliphatic rings. The third-order valence-electron chi connectivity index (χ3n) is 4.77. The first-order chi connectivity index (χ1) is 13.1. The second-order valence-electron chi connectivity index (χ2n) is 6.43. The molecule has 6 heteroatoms. The number of carbonyl (C=O) groups is 2. The molecule has 0 N–H and O–H groups in total. The molecule has 0 saturated carbocycles. The maximum atomic E-state index is 12.6. The fraction of sp³-hybridized carbons (Fsp3) is 0.333. The molecule has 0 unspecified atom stereocenters. The Morgan fingerprint density at radius 1 is 0.778 bits per heavy atom. The molecule has 6 nitrogen and oxygen atoms in total. The molecule has 1 fully saturated rings. The standard InChI is InChI=1S/C21H24N2O4/c1-26-18-7-3-16(4-8-18)15-20(24)22-11-13-23(14-12-22)21(25)17-5-9-19(27-2)10-6-17/h3-10H,11-15H2,1-2H3. The maximum absolute atomic E-state index is 12.6. The fourth-order valence-electron chi connectivity index (χ4n) is 3.10. The fourth-order valence-corrected chi connectivity index (χ4v) is 3.10. The van der Waals surface area contributed by atoms with Crippen LogP contribution in [0.1, 0.15) is 15.9 Å². The number of methoxy groups -OCH3 is 2. The van der Waals surface area contributed by atoms with Crippen molar-refractivity contribution in [3.8, 4) is 11.5 Å². The van der Waals surface area contributed by atoms with Crippen LogP contribution in [0.2, 0.25) is 0 Å². The van der Waals surface area contributed by atoms with Crippen LogP contribution in [-0.2, 0) is 11.2 Å². The molecule has 2 amide bonds. The summed E-state index contributed by atoms with van der Waals surface area (Å²) >= 11 is 0. The molecule has 3 rings (SSSR count). The van der Waals surface area contributed by atoms with Crippen molar-refractivity contribution in [1.82, 2.24) is 9.80 Å². The van der Waals surface area contributed by atoms with E-state index in [2.05, 4.69) is 0 Å². The molecule has 1 aliphatic heterocycles. The number of hydrogen-bond donors (Lipinski definition) is 0. The third kappa shape index (κ3) is 4.58. The number of rotatable bonds is 5. The molecule has 0 spiro atoms. The van der Waals surface area contributed by atoms with E-state index >= 15 is 0 Å². The van der Waals surface area contributed by atoms with Crippen LogP contribution in [0.3, 0.4) is 0 Å². The van der Waals surface area contributed by atoms with Crippen molar-refractivity contribution in [1.29, 1.82) is 0 Å². The summed E-state index contributed by atoms with van der Waals surface area (Å²) < 4.78 is 10.3. The quantitative estimate of drug-likeness (QED) is 0.812. The largest absolute Gasteiger partial charge is 0.497 e. The lowest BCUT2D eigenvalue weighted by Crippen LogP contribution is -2.51. The molecular formula is C21H24N2O4. The van der Waals surface area contributed by atoms with Crippen molar-refractivity contribution in [2.24, 2.45) is 0 Å². The number of piperazine rings is 1. The van der Waals surface area contributed by atoms with Crippen molar-refractivity contribution in [3.05, 3.63) is 59.7 Å². The summed E-state index contributed by atoms with van der Waals surface area (Å²) in [7, 11) is 3.21. The monoisotopic (exact) mass is 368 g/mol. The number of carbonyl (C=O) groups excluding carboxylic acids is 2. The lowest BCUT2D eigenvalue weighted by Gasteiger charge is -2.35. The summed E-state index contributed by atoms with van der Waals surface area (Å²) in [6.07, 6.45) is 0.358. The van der Waals surface area contributed by atoms with Gasteiger partial charge >= 0.3 is 0 Å². The Kier molecular flexibility index (Phi) is 5.96. The van der Waals surface area contributed by atoms with Crippen LogP contribution in [0.5, 0.6) is 11.5 Å². The van der Waals surface area contributed by atoms with E-state index < -0.39 is 0 Å². The molecule has 0 aliphatic carbocycles. The van der Waals surface area contributed by atoms with E-state index in [4.69, 9.17) is 9.47 Å². The second-order valence-corrected chi connectivity index (χ2v) is 6.43. The summed E-state index contributed by atoms with van der Waals surface area (Å²) in [6.45, 7) is 2.19. The lowest BCUT2D eigenvalue weighted by molar-refractivity contribution is -0.131. The number of amides is 2. The highest BCUT2D eigenvalue weighted by atomic mass is 16.5. The predicted molar refractivity (Wildman–Crippen MR) is 102 cm³/mol. The molecule has 2 aromatic carbocycles. The van der Waals surface area contributed by atoms with E-state index in [-0.39, 0.29) is 11.8 Å². The Morgan fingerprint density at radius 2 is 1.26 bits per heavy atom. The Hall–Kier alpha value is -3.02. The minimum Gasteiger partial charge on any atom is -0.497 e. The van der Waals surface area contributed by atoms with Crippen LogP contribution in [0.25, 0.3) is 0 Å². The molecule has 0 bridgehead atoms. The summed E-state index contributed by atoms with van der Waals surface area (Å²) in [5, 5.41) is 0. The summed E-state index contributed by atoms with van der Waals surface area (Å²) in [4.78, 5) is 28.7. The van der Waals surface area contributed by atoms with Crippen LogP contribution in [0.15, 0.2) is 48.5 Å². The van der Waals surface area contributed by atoms with Gasteiger partial charge in [-0.2, -0.15) is 0 Å². The molecule has 0 atom stereocenters. The van der Waals surface area contributed by atoms with Gasteiger partial charge < -0.3 is 19.3 Å². The normalized spacial score (nSPS) is 14.0. The average Bonchev–Trinajstić information content (AvgIpc) is 2.74. The molecule has 27 heavy (non-hydrogen) atoms. The minimum absolute atomic E-state index is 0.0140. The third-order valence-corrected chi connectivity index (χ3v) is 4.77. The van der Waals surface area contributed by atoms with Crippen molar-refractivity contribution >= 4 is 11.8 Å². The summed E-state index contributed by atoms with van der Waals surface area (Å²) in [5.74, 6) is 1.56. The van der Waals surface area contributed by atoms with Gasteiger partial charge in [0.15, 0.2) is 0 Å². The molecule has 0 aromatic heterocycles. The molecular weight excluding hydrogens is 344 g/mol. The first-order valence-corrected chi connectivity index (χ1v) is 8.94. The average molecular weight is 368 g/mol. The molecule has 0 radical (unpaired) electrons. The lowest BCUT2D eigenvalue weighted by atomic mass is 10.1. The minimum atomic E-state index is -0.0140. The highest BCUT2D eigenvalue weighted by molar-refractivity contribution is 5.94. The number of ether oxygens (including phenoxy) is 2. The molecule has 2 aromatic rings. The van der Waals surface area contributed by atoms with Crippen molar-refractivity contribution in [2.75, 3.05) is 40.4 Å². The van der Waals surface area contributed by atoms with Gasteiger partial charge in [0, 0.05) is 31.7 Å². The summed E-state index contributed by atoms with van der Waals surface area (Å²) in [6, 6.07) is 14.6. The molecule has 1 heterocycles. The smallest absolute Gasteiger partial charge is 0.253 e. The van der Waals surface area contributed by atoms with E-state index in [0.29, 0.717) is 38.2 Å². The SMILES string of the molecule is COc1ccc(CC(=O)N2CCN(C(=O)c3ccc(OC)cc3)CC2)cc1. The zero-order chi connectivity index (χ0) is 19.2. The van der Waals surface area contributed by atoms with Crippen LogP contribution in [0, 0.1) is 0 Å². The van der Waals surface area contributed by atoms with Gasteiger partial charge in [-0.1, -0.05) is 12.1 Å². The van der Waals surface area contributed by atoms with Crippen LogP contribution in [-0.4, -0.2) is 62.0 Å². The maximum Gasteiger partial charge on any atom is 0.253 e. The van der Waals surface area contributed by atoms with Crippen LogP contribution < -0.4 is 9.47 Å². The Balaban J connectivity index is 1.52. The Morgan fingerprint density at radius 3 is 1.78 bits per heavy atom. The van der Waals surface area contributed by atoms with Gasteiger partial charge in [-0.3, -0.25) is 9.59 Å². The second kappa shape index (κ2) is 8.58. The van der Waals surface area contributed by atoms with E-state index in [1.165, 1.54) is 0 Å². The number of benzene rings is 2. The first-order valence-electron chi connectivity index (χ1n) is 8.94. The van der Waals surface area contributed by atoms with Gasteiger partial charge in [-0.15, -0.1) is 0 Å². The van der Waals surface area contributed by atoms with Gasteiger partial charge in [0.25, 0.3) is 5.91 Å². The van der Waals surface area contributed by atoms with Crippen LogP contribution >= 0.6 is 0 Å². The van der Waals surface area contributed by atoms with Crippen molar-refractivity contribution in [2.45, 2.75) is 6.42 Å². The number of hydrogen-bond acceptors (Lipinski definition) is 4. The van der Waals surface area contributed by atoms with E-state index in [9.17, 15) is 9.59 Å². The highest BCUT2D eigenvalue weighted by Crippen LogP contribution is 2.16. The van der Waals surface area contributed by atoms with Gasteiger partial charge in [-0.05, 0) is 42.0 Å². The zero-order valence-corrected chi connectivity index (χ0v) is 15.7. The molecule has 1 saturated heterocycles. The predicted octanol–water partition coefficient (Wildman–Crippen LogP) is 2.23.